The van der Waals surface area contributed by atoms with Crippen LogP contribution in [-0.4, -0.2) is 91.4 Å². The van der Waals surface area contributed by atoms with E-state index < -0.39 is 96.4 Å². The topological polar surface area (TPSA) is 207 Å². The summed E-state index contributed by atoms with van der Waals surface area (Å²) in [6.45, 7) is 7.09. The highest BCUT2D eigenvalue weighted by Gasteiger charge is 2.59. The monoisotopic (exact) mass is 944 g/mol. The van der Waals surface area contributed by atoms with E-state index in [0.29, 0.717) is 35.6 Å². The van der Waals surface area contributed by atoms with Gasteiger partial charge in [0, 0.05) is 85.9 Å². The zero-order valence-electron chi connectivity index (χ0n) is 37.6. The van der Waals surface area contributed by atoms with Gasteiger partial charge in [-0.05, 0) is 76.2 Å². The molecule has 2 aromatic carbocycles. The first kappa shape index (κ1) is 48.9. The van der Waals surface area contributed by atoms with Crippen LogP contribution < -0.4 is 32.4 Å². The number of carbonyl (C=O) groups is 4. The Morgan fingerprint density at radius 1 is 0.618 bits per heavy atom. The van der Waals surface area contributed by atoms with Gasteiger partial charge in [-0.2, -0.15) is 0 Å². The summed E-state index contributed by atoms with van der Waals surface area (Å²) >= 11 is 0. The summed E-state index contributed by atoms with van der Waals surface area (Å²) in [6, 6.07) is 7.34. The van der Waals surface area contributed by atoms with Crippen molar-refractivity contribution in [3.05, 3.63) is 139 Å². The Labute approximate surface area is 387 Å². The largest absolute Gasteiger partial charge is 0.396 e. The summed E-state index contributed by atoms with van der Waals surface area (Å²) < 4.78 is 58.8. The highest BCUT2D eigenvalue weighted by atomic mass is 19.1. The van der Waals surface area contributed by atoms with Gasteiger partial charge in [-0.3, -0.25) is 19.2 Å². The fourth-order valence-electron chi connectivity index (χ4n) is 10.1. The number of pyridine rings is 2. The van der Waals surface area contributed by atoms with E-state index >= 15 is 0 Å². The first-order valence-corrected chi connectivity index (χ1v) is 22.2. The van der Waals surface area contributed by atoms with Crippen LogP contribution in [0.5, 0.6) is 0 Å². The summed E-state index contributed by atoms with van der Waals surface area (Å²) in [4.78, 5) is 81.8. The van der Waals surface area contributed by atoms with Crippen molar-refractivity contribution in [2.75, 3.05) is 36.9 Å². The van der Waals surface area contributed by atoms with Crippen LogP contribution in [0.15, 0.2) is 82.4 Å². The lowest BCUT2D eigenvalue weighted by Gasteiger charge is -2.38. The van der Waals surface area contributed by atoms with Gasteiger partial charge in [0.1, 0.15) is 23.3 Å². The minimum atomic E-state index is -0.883. The minimum Gasteiger partial charge on any atom is -0.396 e. The molecule has 0 spiro atoms. The number of nitrogens with one attached hydrogen (secondary N) is 4. The van der Waals surface area contributed by atoms with E-state index in [9.17, 15) is 56.5 Å². The number of aliphatic hydroxyl groups excluding tert-OH is 2. The molecule has 4 aliphatic rings. The maximum absolute atomic E-state index is 14.2. The van der Waals surface area contributed by atoms with Crippen molar-refractivity contribution in [3.63, 3.8) is 0 Å². The second-order valence-corrected chi connectivity index (χ2v) is 16.7. The lowest BCUT2D eigenvalue weighted by atomic mass is 9.86. The number of halogens is 4. The van der Waals surface area contributed by atoms with Crippen molar-refractivity contribution < 1.29 is 47.0 Å². The Morgan fingerprint density at radius 2 is 1.00 bits per heavy atom. The number of rotatable bonds is 10. The van der Waals surface area contributed by atoms with Gasteiger partial charge < -0.3 is 50.4 Å². The summed E-state index contributed by atoms with van der Waals surface area (Å²) in [5, 5.41) is 30.7. The highest BCUT2D eigenvalue weighted by Crippen LogP contribution is 2.50. The molecule has 20 heteroatoms. The highest BCUT2D eigenvalue weighted by molar-refractivity contribution is 5.93. The molecule has 0 unspecified atom stereocenters. The van der Waals surface area contributed by atoms with E-state index in [1.165, 1.54) is 18.9 Å². The van der Waals surface area contributed by atoms with Crippen LogP contribution >= 0.6 is 0 Å². The molecule has 68 heavy (non-hydrogen) atoms. The van der Waals surface area contributed by atoms with Crippen molar-refractivity contribution >= 4 is 47.4 Å². The minimum absolute atomic E-state index is 0.0518. The van der Waals surface area contributed by atoms with E-state index in [-0.39, 0.29) is 47.4 Å². The predicted octanol–water partition coefficient (Wildman–Crippen LogP) is 4.98. The van der Waals surface area contributed by atoms with Crippen molar-refractivity contribution in [2.24, 2.45) is 23.7 Å². The van der Waals surface area contributed by atoms with Gasteiger partial charge in [0.2, 0.25) is 11.8 Å². The Bertz CT molecular complexity index is 2610. The number of aromatic nitrogens is 2. The Kier molecular flexibility index (Phi) is 14.7. The molecule has 6 N–H and O–H groups in total. The number of nitrogens with zero attached hydrogens (tertiary/aromatic N) is 4. The summed E-state index contributed by atoms with van der Waals surface area (Å²) in [5.41, 5.74) is 0.580. The summed E-state index contributed by atoms with van der Waals surface area (Å²) in [5.74, 6) is -6.79. The van der Waals surface area contributed by atoms with Gasteiger partial charge in [0.05, 0.1) is 47.4 Å². The molecule has 2 saturated heterocycles. The van der Waals surface area contributed by atoms with Crippen LogP contribution in [0.2, 0.25) is 0 Å². The normalized spacial score (nSPS) is 23.1. The fourth-order valence-corrected chi connectivity index (χ4v) is 10.1. The van der Waals surface area contributed by atoms with E-state index in [1.807, 2.05) is 0 Å². The first-order chi connectivity index (χ1) is 32.6. The van der Waals surface area contributed by atoms with Gasteiger partial charge in [-0.1, -0.05) is 24.3 Å². The molecule has 0 saturated carbocycles. The second-order valence-electron chi connectivity index (χ2n) is 16.7. The molecule has 4 aromatic rings. The quantitative estimate of drug-likeness (QED) is 0.119. The Morgan fingerprint density at radius 3 is 1.34 bits per heavy atom. The Balaban J connectivity index is 0.000000201. The number of hydrogen-bond acceptors (Lipinski definition) is 8. The van der Waals surface area contributed by atoms with Gasteiger partial charge in [-0.15, -0.1) is 0 Å². The van der Waals surface area contributed by atoms with E-state index in [2.05, 4.69) is 21.3 Å². The molecule has 4 aliphatic heterocycles. The number of amides is 6. The first-order valence-electron chi connectivity index (χ1n) is 22.2. The summed E-state index contributed by atoms with van der Waals surface area (Å²) in [7, 11) is 0. The van der Waals surface area contributed by atoms with Gasteiger partial charge in [0.25, 0.3) is 11.1 Å². The van der Waals surface area contributed by atoms with Crippen molar-refractivity contribution in [1.82, 2.24) is 29.6 Å². The molecule has 4 bridgehead atoms. The van der Waals surface area contributed by atoms with E-state index in [4.69, 9.17) is 0 Å². The number of hydrogen-bond donors (Lipinski definition) is 6. The molecule has 2 fully saturated rings. The number of fused-ring (bicyclic) bond motifs is 8. The number of allylic oxidation sites excluding steroid dienone is 2. The van der Waals surface area contributed by atoms with Crippen molar-refractivity contribution in [2.45, 2.75) is 65.0 Å². The number of benzene rings is 2. The molecule has 8 atom stereocenters. The lowest BCUT2D eigenvalue weighted by Crippen LogP contribution is -2.50. The van der Waals surface area contributed by atoms with E-state index in [0.717, 1.165) is 36.4 Å². The van der Waals surface area contributed by atoms with Crippen LogP contribution in [0.25, 0.3) is 12.2 Å². The molecule has 6 heterocycles. The van der Waals surface area contributed by atoms with Crippen LogP contribution in [-0.2, 0) is 22.7 Å². The number of urea groups is 2. The third-order valence-corrected chi connectivity index (χ3v) is 13.0. The molecule has 0 radical (unpaired) electrons. The van der Waals surface area contributed by atoms with Gasteiger partial charge in [0.15, 0.2) is 0 Å². The third-order valence-electron chi connectivity index (χ3n) is 13.0. The molecule has 16 nitrogen and oxygen atoms in total. The molecule has 8 rings (SSSR count). The van der Waals surface area contributed by atoms with Gasteiger partial charge >= 0.3 is 12.1 Å². The summed E-state index contributed by atoms with van der Waals surface area (Å²) in [6.07, 6.45) is 6.83. The molecule has 0 aliphatic carbocycles. The smallest absolute Gasteiger partial charge is 0.322 e. The van der Waals surface area contributed by atoms with Crippen LogP contribution in [0.4, 0.5) is 38.5 Å². The van der Waals surface area contributed by atoms with Crippen molar-refractivity contribution in [3.8, 4) is 0 Å². The zero-order chi connectivity index (χ0) is 49.1. The average molecular weight is 945 g/mol. The third kappa shape index (κ3) is 8.92. The molecule has 360 valence electrons. The second kappa shape index (κ2) is 20.4. The average Bonchev–Trinajstić information content (AvgIpc) is 3.71. The van der Waals surface area contributed by atoms with E-state index in [1.54, 1.807) is 76.3 Å². The van der Waals surface area contributed by atoms with Crippen molar-refractivity contribution in [1.29, 1.82) is 0 Å². The lowest BCUT2D eigenvalue weighted by molar-refractivity contribution is -0.128. The SMILES string of the molecule is C/C=C/c1ccc2n(c1=O)C[C@H]1[C@H](CO)[C@@H](C(=O)NCC)[C@@H]2N1C(=O)Nc1cc(F)ccc1F.C/C=C\c1ccc2n(c1=O)C[C@H]1[C@H](CO)[C@@H](C(=O)NCC)[C@@H]2N1C(=O)Nc1cc(F)ccc1F. The van der Waals surface area contributed by atoms with Gasteiger partial charge in [-0.25, -0.2) is 27.2 Å². The maximum Gasteiger partial charge on any atom is 0.322 e. The predicted molar refractivity (Wildman–Crippen MR) is 244 cm³/mol. The molecule has 6 amide bonds. The molecular formula is C48H52F4N8O8. The van der Waals surface area contributed by atoms with Crippen LogP contribution in [0.1, 0.15) is 62.3 Å². The van der Waals surface area contributed by atoms with Crippen LogP contribution in [0.3, 0.4) is 0 Å². The van der Waals surface area contributed by atoms with Crippen LogP contribution in [0, 0.1) is 46.9 Å². The number of anilines is 2. The standard InChI is InChI=1S/2C24H26F2N4O4/c2*1-3-5-13-6-9-18-21-20(22(32)27-4-2)15(12-31)19(11-29(18)23(13)33)30(21)24(34)28-17-10-14(25)7-8-16(17)26/h2*3,5-10,15,19-21,31H,4,11-12H2,1-2H3,(H,27,32)(H,28,34)/b5-3+;5-3-/t2*15-,19-,20+,21+/m00/s1. The molecule has 2 aromatic heterocycles. The Hall–Kier alpha value is -7.06. The number of carbonyl (C=O) groups excluding carboxylic acids is 4. The maximum atomic E-state index is 14.2. The molecular weight excluding hydrogens is 893 g/mol. The zero-order valence-corrected chi connectivity index (χ0v) is 37.6. The fraction of sp³-hybridized carbons (Fsp3) is 0.375. The number of aliphatic hydroxyl groups is 2.